The maximum Gasteiger partial charge on any atom is 0.0522 e. The Balaban J connectivity index is 2.23. The first-order valence-corrected chi connectivity index (χ1v) is 8.03. The van der Waals surface area contributed by atoms with E-state index in [2.05, 4.69) is 28.7 Å². The van der Waals surface area contributed by atoms with Crippen LogP contribution in [0.2, 0.25) is 5.02 Å². The lowest BCUT2D eigenvalue weighted by molar-refractivity contribution is 0.602. The van der Waals surface area contributed by atoms with Crippen molar-refractivity contribution < 1.29 is 0 Å². The third kappa shape index (κ3) is 3.72. The molecule has 3 heteroatoms. The van der Waals surface area contributed by atoms with Gasteiger partial charge in [0, 0.05) is 8.59 Å². The number of rotatable bonds is 2. The third-order valence-corrected chi connectivity index (χ3v) is 4.74. The van der Waals surface area contributed by atoms with Gasteiger partial charge in [0.25, 0.3) is 0 Å². The van der Waals surface area contributed by atoms with Crippen LogP contribution in [0, 0.1) is 3.57 Å². The predicted molar refractivity (Wildman–Crippen MR) is 86.9 cm³/mol. The van der Waals surface area contributed by atoms with E-state index in [0.29, 0.717) is 0 Å². The molecule has 1 aliphatic carbocycles. The zero-order valence-electron chi connectivity index (χ0n) is 10.5. The molecule has 1 unspecified atom stereocenters. The Morgan fingerprint density at radius 1 is 1.17 bits per heavy atom. The minimum atomic E-state index is 0.00806. The Morgan fingerprint density at radius 2 is 1.94 bits per heavy atom. The Hall–Kier alpha value is -0.0600. The highest BCUT2D eigenvalue weighted by atomic mass is 127. The molecule has 1 aromatic rings. The Kier molecular flexibility index (Phi) is 5.52. The van der Waals surface area contributed by atoms with E-state index < -0.39 is 0 Å². The fraction of sp³-hybridized carbons (Fsp3) is 0.467. The van der Waals surface area contributed by atoms with E-state index in [4.69, 9.17) is 17.3 Å². The first-order valence-electron chi connectivity index (χ1n) is 6.58. The molecule has 0 saturated heterocycles. The van der Waals surface area contributed by atoms with Gasteiger partial charge < -0.3 is 5.73 Å². The molecule has 2 N–H and O–H groups in total. The summed E-state index contributed by atoms with van der Waals surface area (Å²) in [5.74, 6) is 0. The highest BCUT2D eigenvalue weighted by Gasteiger charge is 2.15. The molecule has 2 rings (SSSR count). The van der Waals surface area contributed by atoms with E-state index in [1.807, 2.05) is 18.2 Å². The van der Waals surface area contributed by atoms with Gasteiger partial charge >= 0.3 is 0 Å². The molecule has 0 bridgehead atoms. The van der Waals surface area contributed by atoms with Crippen molar-refractivity contribution in [2.75, 3.05) is 0 Å². The minimum Gasteiger partial charge on any atom is -0.321 e. The van der Waals surface area contributed by atoms with Crippen LogP contribution in [-0.4, -0.2) is 0 Å². The lowest BCUT2D eigenvalue weighted by atomic mass is 9.91. The van der Waals surface area contributed by atoms with Crippen LogP contribution in [0.25, 0.3) is 0 Å². The van der Waals surface area contributed by atoms with Crippen molar-refractivity contribution in [2.45, 2.75) is 44.6 Å². The molecule has 0 amide bonds. The molecule has 18 heavy (non-hydrogen) atoms. The normalized spacial score (nSPS) is 21.6. The van der Waals surface area contributed by atoms with E-state index in [1.165, 1.54) is 41.2 Å². The Labute approximate surface area is 128 Å². The second kappa shape index (κ2) is 6.92. The number of benzene rings is 1. The second-order valence-corrected chi connectivity index (χ2v) is 6.47. The maximum absolute atomic E-state index is 6.43. The monoisotopic (exact) mass is 375 g/mol. The molecular formula is C15H19ClIN. The fourth-order valence-electron chi connectivity index (χ4n) is 2.45. The molecule has 0 radical (unpaired) electrons. The zero-order chi connectivity index (χ0) is 13.0. The first kappa shape index (κ1) is 14.4. The van der Waals surface area contributed by atoms with E-state index in [-0.39, 0.29) is 6.04 Å². The van der Waals surface area contributed by atoms with Crippen molar-refractivity contribution in [1.29, 1.82) is 0 Å². The fourth-order valence-corrected chi connectivity index (χ4v) is 3.30. The number of hydrogen-bond donors (Lipinski definition) is 1. The van der Waals surface area contributed by atoms with Gasteiger partial charge in [0.2, 0.25) is 0 Å². The average molecular weight is 376 g/mol. The van der Waals surface area contributed by atoms with Crippen molar-refractivity contribution >= 4 is 34.2 Å². The van der Waals surface area contributed by atoms with E-state index in [1.54, 1.807) is 0 Å². The molecule has 0 spiro atoms. The van der Waals surface area contributed by atoms with Crippen LogP contribution in [0.5, 0.6) is 0 Å². The van der Waals surface area contributed by atoms with Gasteiger partial charge in [-0.2, -0.15) is 0 Å². The van der Waals surface area contributed by atoms with Gasteiger partial charge in [-0.15, -0.1) is 0 Å². The largest absolute Gasteiger partial charge is 0.321 e. The highest BCUT2D eigenvalue weighted by molar-refractivity contribution is 14.1. The molecule has 1 nitrogen and oxygen atoms in total. The summed E-state index contributed by atoms with van der Waals surface area (Å²) in [5.41, 5.74) is 8.97. The second-order valence-electron chi connectivity index (χ2n) is 4.88. The standard InChI is InChI=1S/C15H19ClIN/c16-12-8-9-14(17)13(10-12)15(18)11-6-4-2-1-3-5-7-11/h6,8-10,15H,1-5,7,18H2/b11-6+. The first-order chi connectivity index (χ1) is 8.68. The molecule has 1 atom stereocenters. The summed E-state index contributed by atoms with van der Waals surface area (Å²) >= 11 is 8.42. The highest BCUT2D eigenvalue weighted by Crippen LogP contribution is 2.31. The van der Waals surface area contributed by atoms with Gasteiger partial charge in [0.15, 0.2) is 0 Å². The average Bonchev–Trinajstić information content (AvgIpc) is 2.31. The lowest BCUT2D eigenvalue weighted by Crippen LogP contribution is -2.15. The van der Waals surface area contributed by atoms with Crippen molar-refractivity contribution in [2.24, 2.45) is 5.73 Å². The molecule has 0 fully saturated rings. The zero-order valence-corrected chi connectivity index (χ0v) is 13.4. The van der Waals surface area contributed by atoms with Gasteiger partial charge in [-0.1, -0.05) is 36.1 Å². The number of nitrogens with two attached hydrogens (primary N) is 1. The van der Waals surface area contributed by atoms with Gasteiger partial charge in [0.05, 0.1) is 6.04 Å². The summed E-state index contributed by atoms with van der Waals surface area (Å²) in [5, 5.41) is 0.771. The maximum atomic E-state index is 6.43. The van der Waals surface area contributed by atoms with Crippen molar-refractivity contribution in [1.82, 2.24) is 0 Å². The summed E-state index contributed by atoms with van der Waals surface area (Å²) in [6, 6.07) is 5.98. The van der Waals surface area contributed by atoms with Crippen LogP contribution >= 0.6 is 34.2 Å². The summed E-state index contributed by atoms with van der Waals surface area (Å²) in [4.78, 5) is 0. The van der Waals surface area contributed by atoms with Crippen LogP contribution in [-0.2, 0) is 0 Å². The minimum absolute atomic E-state index is 0.00806. The van der Waals surface area contributed by atoms with Crippen LogP contribution in [0.3, 0.4) is 0 Å². The van der Waals surface area contributed by atoms with Gasteiger partial charge in [-0.3, -0.25) is 0 Å². The number of hydrogen-bond acceptors (Lipinski definition) is 1. The molecule has 1 aliphatic rings. The van der Waals surface area contributed by atoms with E-state index in [0.717, 1.165) is 17.0 Å². The van der Waals surface area contributed by atoms with Crippen LogP contribution < -0.4 is 5.73 Å². The Bertz CT molecular complexity index is 442. The van der Waals surface area contributed by atoms with E-state index in [9.17, 15) is 0 Å². The number of allylic oxidation sites excluding steroid dienone is 1. The topological polar surface area (TPSA) is 26.0 Å². The molecular weight excluding hydrogens is 357 g/mol. The van der Waals surface area contributed by atoms with Crippen molar-refractivity contribution in [3.05, 3.63) is 44.0 Å². The Morgan fingerprint density at radius 3 is 2.78 bits per heavy atom. The predicted octanol–water partition coefficient (Wildman–Crippen LogP) is 5.23. The molecule has 0 saturated carbocycles. The summed E-state index contributed by atoms with van der Waals surface area (Å²) in [6.07, 6.45) is 9.88. The molecule has 98 valence electrons. The molecule has 0 aliphatic heterocycles. The molecule has 1 aromatic carbocycles. The summed E-state index contributed by atoms with van der Waals surface area (Å²) in [7, 11) is 0. The van der Waals surface area contributed by atoms with Crippen LogP contribution in [0.1, 0.15) is 50.1 Å². The SMILES string of the molecule is NC(/C1=C/CCCCCC1)c1cc(Cl)ccc1I. The van der Waals surface area contributed by atoms with E-state index >= 15 is 0 Å². The number of halogens is 2. The lowest BCUT2D eigenvalue weighted by Gasteiger charge is -2.20. The molecule has 0 aromatic heterocycles. The quantitative estimate of drug-likeness (QED) is 0.556. The molecule has 0 heterocycles. The van der Waals surface area contributed by atoms with Crippen molar-refractivity contribution in [3.8, 4) is 0 Å². The van der Waals surface area contributed by atoms with Gasteiger partial charge in [-0.05, 0) is 72.0 Å². The smallest absolute Gasteiger partial charge is 0.0522 e. The van der Waals surface area contributed by atoms with Crippen LogP contribution in [0.15, 0.2) is 29.8 Å². The van der Waals surface area contributed by atoms with Crippen LogP contribution in [0.4, 0.5) is 0 Å². The van der Waals surface area contributed by atoms with Gasteiger partial charge in [0.1, 0.15) is 0 Å². The third-order valence-electron chi connectivity index (χ3n) is 3.52. The van der Waals surface area contributed by atoms with Crippen molar-refractivity contribution in [3.63, 3.8) is 0 Å². The van der Waals surface area contributed by atoms with Gasteiger partial charge in [-0.25, -0.2) is 0 Å². The summed E-state index contributed by atoms with van der Waals surface area (Å²) < 4.78 is 1.20. The summed E-state index contributed by atoms with van der Waals surface area (Å²) in [6.45, 7) is 0.